The van der Waals surface area contributed by atoms with Gasteiger partial charge in [0.15, 0.2) is 0 Å². The maximum absolute atomic E-state index is 13.3. The smallest absolute Gasteiger partial charge is 0.339 e. The number of hydrogen-bond donors (Lipinski definition) is 1. The van der Waals surface area contributed by atoms with Crippen molar-refractivity contribution in [3.63, 3.8) is 0 Å². The number of hydrogen-bond acceptors (Lipinski definition) is 6. The maximum atomic E-state index is 13.3. The second-order valence-corrected chi connectivity index (χ2v) is 5.68. The molecule has 0 saturated carbocycles. The van der Waals surface area contributed by atoms with Gasteiger partial charge in [0.2, 0.25) is 10.0 Å². The van der Waals surface area contributed by atoms with E-state index in [0.29, 0.717) is 6.07 Å². The van der Waals surface area contributed by atoms with Crippen molar-refractivity contribution in [1.29, 1.82) is 0 Å². The van der Waals surface area contributed by atoms with Gasteiger partial charge in [-0.1, -0.05) is 0 Å². The third kappa shape index (κ3) is 3.99. The van der Waals surface area contributed by atoms with Crippen molar-refractivity contribution < 1.29 is 31.9 Å². The summed E-state index contributed by atoms with van der Waals surface area (Å²) in [5.74, 6) is -2.62. The van der Waals surface area contributed by atoms with Crippen LogP contribution in [0.3, 0.4) is 0 Å². The molecule has 0 aromatic heterocycles. The molecule has 0 spiro atoms. The molecule has 1 aromatic carbocycles. The van der Waals surface area contributed by atoms with Crippen LogP contribution in [0.15, 0.2) is 23.1 Å². The molecule has 0 saturated heterocycles. The molecule has 0 unspecified atom stereocenters. The Balaban J connectivity index is 3.27. The molecule has 0 bridgehead atoms. The summed E-state index contributed by atoms with van der Waals surface area (Å²) in [5.41, 5.74) is -0.344. The van der Waals surface area contributed by atoms with Crippen LogP contribution in [-0.4, -0.2) is 40.6 Å². The Morgan fingerprint density at radius 2 is 1.86 bits per heavy atom. The topological polar surface area (TPSA) is 98.8 Å². The van der Waals surface area contributed by atoms with Gasteiger partial charge in [0, 0.05) is 0 Å². The minimum absolute atomic E-state index is 0.344. The van der Waals surface area contributed by atoms with Crippen molar-refractivity contribution in [3.05, 3.63) is 29.6 Å². The first kappa shape index (κ1) is 17.1. The van der Waals surface area contributed by atoms with E-state index in [1.807, 2.05) is 4.72 Å². The van der Waals surface area contributed by atoms with Crippen LogP contribution in [0.5, 0.6) is 0 Å². The van der Waals surface area contributed by atoms with Crippen LogP contribution < -0.4 is 4.72 Å². The van der Waals surface area contributed by atoms with E-state index in [1.54, 1.807) is 0 Å². The van der Waals surface area contributed by atoms with E-state index in [4.69, 9.17) is 0 Å². The van der Waals surface area contributed by atoms with Crippen molar-refractivity contribution in [2.24, 2.45) is 0 Å². The third-order valence-electron chi connectivity index (χ3n) is 2.53. The van der Waals surface area contributed by atoms with E-state index in [-0.39, 0.29) is 5.56 Å². The van der Waals surface area contributed by atoms with Crippen molar-refractivity contribution in [2.75, 3.05) is 14.2 Å². The Morgan fingerprint density at radius 1 is 1.24 bits per heavy atom. The highest BCUT2D eigenvalue weighted by Gasteiger charge is 2.27. The van der Waals surface area contributed by atoms with E-state index in [1.165, 1.54) is 6.92 Å². The number of nitrogens with one attached hydrogen (secondary N) is 1. The van der Waals surface area contributed by atoms with Gasteiger partial charge in [-0.2, -0.15) is 4.72 Å². The molecule has 1 atom stereocenters. The number of methoxy groups -OCH3 is 2. The molecule has 9 heteroatoms. The number of esters is 2. The Morgan fingerprint density at radius 3 is 2.38 bits per heavy atom. The molecule has 0 amide bonds. The highest BCUT2D eigenvalue weighted by atomic mass is 32.2. The molecule has 21 heavy (non-hydrogen) atoms. The van der Waals surface area contributed by atoms with Crippen LogP contribution >= 0.6 is 0 Å². The lowest BCUT2D eigenvalue weighted by Gasteiger charge is -2.14. The van der Waals surface area contributed by atoms with Crippen LogP contribution in [0.1, 0.15) is 17.3 Å². The molecule has 7 nitrogen and oxygen atoms in total. The van der Waals surface area contributed by atoms with Gasteiger partial charge in [0.05, 0.1) is 24.7 Å². The molecule has 116 valence electrons. The number of halogens is 1. The number of ether oxygens (including phenoxy) is 2. The first-order valence-electron chi connectivity index (χ1n) is 5.71. The number of carbonyl (C=O) groups excluding carboxylic acids is 2. The van der Waals surface area contributed by atoms with Gasteiger partial charge < -0.3 is 9.47 Å². The SMILES string of the molecule is COC(=O)c1ccc(F)cc1S(=O)(=O)N[C@@H](C)C(=O)OC. The Bertz CT molecular complexity index is 658. The average molecular weight is 319 g/mol. The highest BCUT2D eigenvalue weighted by Crippen LogP contribution is 2.18. The lowest BCUT2D eigenvalue weighted by atomic mass is 10.2. The fraction of sp³-hybridized carbons (Fsp3) is 0.333. The lowest BCUT2D eigenvalue weighted by Crippen LogP contribution is -2.39. The zero-order valence-corrected chi connectivity index (χ0v) is 12.4. The van der Waals surface area contributed by atoms with Crippen molar-refractivity contribution >= 4 is 22.0 Å². The van der Waals surface area contributed by atoms with Gasteiger partial charge in [-0.3, -0.25) is 4.79 Å². The van der Waals surface area contributed by atoms with Crippen LogP contribution in [0, 0.1) is 5.82 Å². The van der Waals surface area contributed by atoms with Crippen molar-refractivity contribution in [3.8, 4) is 0 Å². The fourth-order valence-corrected chi connectivity index (χ4v) is 2.92. The first-order chi connectivity index (χ1) is 9.72. The molecule has 0 fully saturated rings. The maximum Gasteiger partial charge on any atom is 0.339 e. The second-order valence-electron chi connectivity index (χ2n) is 4.00. The van der Waals surface area contributed by atoms with Gasteiger partial charge in [-0.05, 0) is 25.1 Å². The summed E-state index contributed by atoms with van der Waals surface area (Å²) in [4.78, 5) is 22.2. The van der Waals surface area contributed by atoms with Crippen LogP contribution in [0.25, 0.3) is 0 Å². The summed E-state index contributed by atoms with van der Waals surface area (Å²) in [5, 5.41) is 0. The molecular weight excluding hydrogens is 305 g/mol. The van der Waals surface area contributed by atoms with E-state index in [2.05, 4.69) is 9.47 Å². The van der Waals surface area contributed by atoms with E-state index in [9.17, 15) is 22.4 Å². The summed E-state index contributed by atoms with van der Waals surface area (Å²) in [7, 11) is -2.16. The monoisotopic (exact) mass is 319 g/mol. The molecule has 0 aliphatic heterocycles. The van der Waals surface area contributed by atoms with Gasteiger partial charge >= 0.3 is 11.9 Å². The van der Waals surface area contributed by atoms with Crippen LogP contribution in [-0.2, 0) is 24.3 Å². The normalized spacial score (nSPS) is 12.6. The third-order valence-corrected chi connectivity index (χ3v) is 4.11. The molecular formula is C12H14FNO6S. The molecule has 0 radical (unpaired) electrons. The Hall–Kier alpha value is -2.00. The van der Waals surface area contributed by atoms with Gasteiger partial charge in [0.1, 0.15) is 11.9 Å². The number of carbonyl (C=O) groups is 2. The standard InChI is InChI=1S/C12H14FNO6S/c1-7(11(15)19-2)14-21(17,18)10-6-8(13)4-5-9(10)12(16)20-3/h4-7,14H,1-3H3/t7-/m0/s1. The quantitative estimate of drug-likeness (QED) is 0.791. The van der Waals surface area contributed by atoms with E-state index in [0.717, 1.165) is 26.4 Å². The summed E-state index contributed by atoms with van der Waals surface area (Å²) in [6.45, 7) is 1.25. The van der Waals surface area contributed by atoms with Crippen LogP contribution in [0.4, 0.5) is 4.39 Å². The predicted octanol–water partition coefficient (Wildman–Crippen LogP) is 0.452. The predicted molar refractivity (Wildman–Crippen MR) is 69.5 cm³/mol. The summed E-state index contributed by atoms with van der Waals surface area (Å²) in [6.07, 6.45) is 0. The molecule has 1 aromatic rings. The molecule has 0 aliphatic rings. The summed E-state index contributed by atoms with van der Waals surface area (Å²) in [6, 6.07) is 1.38. The van der Waals surface area contributed by atoms with Crippen molar-refractivity contribution in [1.82, 2.24) is 4.72 Å². The van der Waals surface area contributed by atoms with Gasteiger partial charge in [-0.15, -0.1) is 0 Å². The van der Waals surface area contributed by atoms with Crippen LogP contribution in [0.2, 0.25) is 0 Å². The lowest BCUT2D eigenvalue weighted by molar-refractivity contribution is -0.142. The Labute approximate surface area is 121 Å². The largest absolute Gasteiger partial charge is 0.468 e. The first-order valence-corrected chi connectivity index (χ1v) is 7.19. The minimum atomic E-state index is -4.31. The van der Waals surface area contributed by atoms with Gasteiger partial charge in [-0.25, -0.2) is 17.6 Å². The molecule has 1 rings (SSSR count). The summed E-state index contributed by atoms with van der Waals surface area (Å²) >= 11 is 0. The second kappa shape index (κ2) is 6.64. The minimum Gasteiger partial charge on any atom is -0.468 e. The Kier molecular flexibility index (Phi) is 5.39. The molecule has 0 aliphatic carbocycles. The van der Waals surface area contributed by atoms with Crippen molar-refractivity contribution in [2.45, 2.75) is 17.9 Å². The van der Waals surface area contributed by atoms with Gasteiger partial charge in [0.25, 0.3) is 0 Å². The molecule has 1 N–H and O–H groups in total. The number of sulfonamides is 1. The molecule has 0 heterocycles. The van der Waals surface area contributed by atoms with E-state index >= 15 is 0 Å². The number of benzene rings is 1. The summed E-state index contributed by atoms with van der Waals surface area (Å²) < 4.78 is 48.4. The van der Waals surface area contributed by atoms with E-state index < -0.39 is 38.7 Å². The number of rotatable bonds is 5. The highest BCUT2D eigenvalue weighted by molar-refractivity contribution is 7.89. The zero-order chi connectivity index (χ0) is 16.2. The fourth-order valence-electron chi connectivity index (χ4n) is 1.52. The average Bonchev–Trinajstić information content (AvgIpc) is 2.44. The zero-order valence-electron chi connectivity index (χ0n) is 11.5.